The van der Waals surface area contributed by atoms with E-state index in [1.807, 2.05) is 0 Å². The monoisotopic (exact) mass is 275 g/mol. The molecule has 1 heterocycles. The fourth-order valence-electron chi connectivity index (χ4n) is 3.10. The predicted octanol–water partition coefficient (Wildman–Crippen LogP) is 3.72. The Morgan fingerprint density at radius 1 is 1.30 bits per heavy atom. The number of rotatable bonds is 7. The molecule has 2 rings (SSSR count). The first-order valence-corrected chi connectivity index (χ1v) is 8.14. The zero-order valence-electron chi connectivity index (χ0n) is 13.0. The summed E-state index contributed by atoms with van der Waals surface area (Å²) >= 11 is 0. The minimum atomic E-state index is 0.611. The Labute approximate surface area is 123 Å². The van der Waals surface area contributed by atoms with E-state index in [9.17, 15) is 0 Å². The molecule has 1 aliphatic heterocycles. The number of aryl methyl sites for hydroxylation is 1. The summed E-state index contributed by atoms with van der Waals surface area (Å²) < 4.78 is 5.48. The van der Waals surface area contributed by atoms with Gasteiger partial charge in [-0.2, -0.15) is 0 Å². The maximum absolute atomic E-state index is 5.48. The third-order valence-electron chi connectivity index (χ3n) is 4.21. The molecule has 0 bridgehead atoms. The van der Waals surface area contributed by atoms with Crippen LogP contribution in [-0.4, -0.2) is 25.8 Å². The topological polar surface area (TPSA) is 21.3 Å². The van der Waals surface area contributed by atoms with E-state index in [4.69, 9.17) is 4.74 Å². The van der Waals surface area contributed by atoms with Gasteiger partial charge in [-0.15, -0.1) is 0 Å². The van der Waals surface area contributed by atoms with Crippen molar-refractivity contribution >= 4 is 0 Å². The highest BCUT2D eigenvalue weighted by atomic mass is 16.5. The van der Waals surface area contributed by atoms with Crippen molar-refractivity contribution in [2.24, 2.45) is 5.92 Å². The molecule has 1 fully saturated rings. The van der Waals surface area contributed by atoms with Gasteiger partial charge in [-0.3, -0.25) is 0 Å². The second-order valence-corrected chi connectivity index (χ2v) is 6.14. The van der Waals surface area contributed by atoms with E-state index in [1.165, 1.54) is 36.8 Å². The molecule has 0 saturated carbocycles. The summed E-state index contributed by atoms with van der Waals surface area (Å²) in [5, 5.41) is 3.74. The molecule has 0 radical (unpaired) electrons. The SMILES string of the molecule is CCCNC(Cc1cccc(C)c1)CC1CCOCC1. The smallest absolute Gasteiger partial charge is 0.0468 e. The highest BCUT2D eigenvalue weighted by molar-refractivity contribution is 5.23. The number of ether oxygens (including phenoxy) is 1. The van der Waals surface area contributed by atoms with Crippen LogP contribution in [0.5, 0.6) is 0 Å². The molecule has 2 nitrogen and oxygen atoms in total. The molecule has 0 aliphatic carbocycles. The Kier molecular flexibility index (Phi) is 6.55. The third kappa shape index (κ3) is 5.26. The van der Waals surface area contributed by atoms with Crippen molar-refractivity contribution in [3.05, 3.63) is 35.4 Å². The zero-order valence-corrected chi connectivity index (χ0v) is 13.0. The molecule has 1 atom stereocenters. The lowest BCUT2D eigenvalue weighted by molar-refractivity contribution is 0.0605. The normalized spacial score (nSPS) is 18.1. The standard InChI is InChI=1S/C18H29NO/c1-3-9-19-18(13-16-7-10-20-11-8-16)14-17-6-4-5-15(2)12-17/h4-6,12,16,18-19H,3,7-11,13-14H2,1-2H3. The number of hydrogen-bond acceptors (Lipinski definition) is 2. The average molecular weight is 275 g/mol. The van der Waals surface area contributed by atoms with E-state index in [-0.39, 0.29) is 0 Å². The first-order valence-electron chi connectivity index (χ1n) is 8.14. The van der Waals surface area contributed by atoms with Crippen LogP contribution in [0.2, 0.25) is 0 Å². The summed E-state index contributed by atoms with van der Waals surface area (Å²) in [6.07, 6.45) is 6.12. The zero-order chi connectivity index (χ0) is 14.2. The number of nitrogens with one attached hydrogen (secondary N) is 1. The van der Waals surface area contributed by atoms with Crippen LogP contribution in [-0.2, 0) is 11.2 Å². The van der Waals surface area contributed by atoms with Gasteiger partial charge < -0.3 is 10.1 Å². The molecule has 112 valence electrons. The lowest BCUT2D eigenvalue weighted by atomic mass is 9.89. The van der Waals surface area contributed by atoms with Crippen molar-refractivity contribution < 1.29 is 4.74 Å². The van der Waals surface area contributed by atoms with Crippen molar-refractivity contribution in [1.82, 2.24) is 5.32 Å². The van der Waals surface area contributed by atoms with Gasteiger partial charge in [-0.1, -0.05) is 36.8 Å². The molecular formula is C18H29NO. The number of hydrogen-bond donors (Lipinski definition) is 1. The van der Waals surface area contributed by atoms with Crippen molar-refractivity contribution in [3.8, 4) is 0 Å². The van der Waals surface area contributed by atoms with Gasteiger partial charge in [0.1, 0.15) is 0 Å². The molecule has 20 heavy (non-hydrogen) atoms. The Balaban J connectivity index is 1.91. The van der Waals surface area contributed by atoms with E-state index in [2.05, 4.69) is 43.4 Å². The highest BCUT2D eigenvalue weighted by Gasteiger charge is 2.19. The van der Waals surface area contributed by atoms with Crippen LogP contribution in [0.4, 0.5) is 0 Å². The molecule has 1 unspecified atom stereocenters. The quantitative estimate of drug-likeness (QED) is 0.819. The summed E-state index contributed by atoms with van der Waals surface area (Å²) in [5.41, 5.74) is 2.83. The van der Waals surface area contributed by atoms with Gasteiger partial charge in [-0.25, -0.2) is 0 Å². The Morgan fingerprint density at radius 2 is 2.10 bits per heavy atom. The van der Waals surface area contributed by atoms with Gasteiger partial charge >= 0.3 is 0 Å². The van der Waals surface area contributed by atoms with Crippen molar-refractivity contribution in [1.29, 1.82) is 0 Å². The lowest BCUT2D eigenvalue weighted by Crippen LogP contribution is -2.35. The van der Waals surface area contributed by atoms with Crippen LogP contribution in [0.3, 0.4) is 0 Å². The van der Waals surface area contributed by atoms with Crippen molar-refractivity contribution in [2.45, 2.75) is 52.0 Å². The summed E-state index contributed by atoms with van der Waals surface area (Å²) in [4.78, 5) is 0. The Hall–Kier alpha value is -0.860. The fourth-order valence-corrected chi connectivity index (χ4v) is 3.10. The fraction of sp³-hybridized carbons (Fsp3) is 0.667. The predicted molar refractivity (Wildman–Crippen MR) is 85.1 cm³/mol. The maximum atomic E-state index is 5.48. The van der Waals surface area contributed by atoms with E-state index in [1.54, 1.807) is 0 Å². The molecular weight excluding hydrogens is 246 g/mol. The van der Waals surface area contributed by atoms with Gasteiger partial charge in [0.2, 0.25) is 0 Å². The summed E-state index contributed by atoms with van der Waals surface area (Å²) in [6, 6.07) is 9.55. The van der Waals surface area contributed by atoms with E-state index in [0.29, 0.717) is 6.04 Å². The van der Waals surface area contributed by atoms with Gasteiger partial charge in [0.15, 0.2) is 0 Å². The van der Waals surface area contributed by atoms with Crippen LogP contribution in [0.15, 0.2) is 24.3 Å². The largest absolute Gasteiger partial charge is 0.381 e. The molecule has 1 aliphatic rings. The second kappa shape index (κ2) is 8.43. The maximum Gasteiger partial charge on any atom is 0.0468 e. The first kappa shape index (κ1) is 15.5. The van der Waals surface area contributed by atoms with Gasteiger partial charge in [0.25, 0.3) is 0 Å². The van der Waals surface area contributed by atoms with Crippen molar-refractivity contribution in [2.75, 3.05) is 19.8 Å². The van der Waals surface area contributed by atoms with E-state index in [0.717, 1.165) is 32.1 Å². The molecule has 0 amide bonds. The molecule has 1 aromatic carbocycles. The molecule has 1 N–H and O–H groups in total. The van der Waals surface area contributed by atoms with E-state index >= 15 is 0 Å². The van der Waals surface area contributed by atoms with Gasteiger partial charge in [0, 0.05) is 19.3 Å². The summed E-state index contributed by atoms with van der Waals surface area (Å²) in [5.74, 6) is 0.836. The van der Waals surface area contributed by atoms with Gasteiger partial charge in [-0.05, 0) is 57.1 Å². The third-order valence-corrected chi connectivity index (χ3v) is 4.21. The van der Waals surface area contributed by atoms with Crippen LogP contribution in [0, 0.1) is 12.8 Å². The molecule has 2 heteroatoms. The van der Waals surface area contributed by atoms with Crippen LogP contribution in [0.25, 0.3) is 0 Å². The highest BCUT2D eigenvalue weighted by Crippen LogP contribution is 2.22. The first-order chi connectivity index (χ1) is 9.78. The average Bonchev–Trinajstić information content (AvgIpc) is 2.46. The molecule has 1 aromatic rings. The van der Waals surface area contributed by atoms with Gasteiger partial charge in [0.05, 0.1) is 0 Å². The lowest BCUT2D eigenvalue weighted by Gasteiger charge is -2.27. The molecule has 1 saturated heterocycles. The molecule has 0 aromatic heterocycles. The minimum absolute atomic E-state index is 0.611. The summed E-state index contributed by atoms with van der Waals surface area (Å²) in [6.45, 7) is 7.45. The second-order valence-electron chi connectivity index (χ2n) is 6.14. The summed E-state index contributed by atoms with van der Waals surface area (Å²) in [7, 11) is 0. The molecule has 0 spiro atoms. The van der Waals surface area contributed by atoms with E-state index < -0.39 is 0 Å². The van der Waals surface area contributed by atoms with Crippen LogP contribution in [0.1, 0.15) is 43.7 Å². The van der Waals surface area contributed by atoms with Crippen LogP contribution < -0.4 is 5.32 Å². The minimum Gasteiger partial charge on any atom is -0.381 e. The van der Waals surface area contributed by atoms with Crippen LogP contribution >= 0.6 is 0 Å². The Bertz CT molecular complexity index is 385. The van der Waals surface area contributed by atoms with Crippen molar-refractivity contribution in [3.63, 3.8) is 0 Å². The number of benzene rings is 1. The Morgan fingerprint density at radius 3 is 2.80 bits per heavy atom.